The minimum absolute atomic E-state index is 0.0715. The van der Waals surface area contributed by atoms with Crippen LogP contribution >= 0.6 is 0 Å². The highest BCUT2D eigenvalue weighted by atomic mass is 19.3. The lowest BCUT2D eigenvalue weighted by Gasteiger charge is -2.24. The molecule has 2 heterocycles. The Morgan fingerprint density at radius 1 is 1.34 bits per heavy atom. The summed E-state index contributed by atoms with van der Waals surface area (Å²) < 4.78 is 43.4. The number of carbonyl (C=O) groups excluding carboxylic acids is 3. The molecule has 32 heavy (non-hydrogen) atoms. The summed E-state index contributed by atoms with van der Waals surface area (Å²) in [5, 5.41) is 12.1. The number of alkyl halides is 2. The first-order valence-corrected chi connectivity index (χ1v) is 11.1. The maximum atomic E-state index is 14.0. The predicted molar refractivity (Wildman–Crippen MR) is 106 cm³/mol. The van der Waals surface area contributed by atoms with Gasteiger partial charge < -0.3 is 19.5 Å². The predicted octanol–water partition coefficient (Wildman–Crippen LogP) is 2.36. The number of hydrogen-bond donors (Lipinski definition) is 1. The Labute approximate surface area is 185 Å². The highest BCUT2D eigenvalue weighted by Gasteiger charge is 2.60. The zero-order valence-corrected chi connectivity index (χ0v) is 18.4. The maximum absolute atomic E-state index is 14.0. The minimum Gasteiger partial charge on any atom is -0.459 e. The quantitative estimate of drug-likeness (QED) is 0.530. The molecule has 1 aliphatic carbocycles. The summed E-state index contributed by atoms with van der Waals surface area (Å²) in [4.78, 5) is 37.2. The van der Waals surface area contributed by atoms with Gasteiger partial charge in [0.1, 0.15) is 30.5 Å². The molecule has 178 valence electrons. The van der Waals surface area contributed by atoms with E-state index in [4.69, 9.17) is 14.2 Å². The van der Waals surface area contributed by atoms with Gasteiger partial charge in [-0.2, -0.15) is 5.26 Å². The molecule has 3 rings (SSSR count). The molecule has 10 heteroatoms. The summed E-state index contributed by atoms with van der Waals surface area (Å²) in [5.41, 5.74) is 0. The van der Waals surface area contributed by atoms with Crippen molar-refractivity contribution in [1.82, 2.24) is 5.32 Å². The molecule has 0 unspecified atom stereocenters. The molecule has 1 amide bonds. The van der Waals surface area contributed by atoms with Crippen molar-refractivity contribution in [2.45, 2.75) is 76.7 Å². The Hall–Kier alpha value is -2.12. The number of esters is 1. The zero-order valence-electron chi connectivity index (χ0n) is 18.4. The van der Waals surface area contributed by atoms with E-state index in [1.54, 1.807) is 0 Å². The number of amides is 1. The maximum Gasteiger partial charge on any atom is 0.306 e. The fourth-order valence-electron chi connectivity index (χ4n) is 4.72. The fraction of sp³-hybridized carbons (Fsp3) is 0.818. The molecule has 0 aromatic heterocycles. The van der Waals surface area contributed by atoms with Gasteiger partial charge in [-0.1, -0.05) is 13.8 Å². The van der Waals surface area contributed by atoms with Crippen LogP contribution in [0.3, 0.4) is 0 Å². The summed E-state index contributed by atoms with van der Waals surface area (Å²) in [6.07, 6.45) is 0.0364. The van der Waals surface area contributed by atoms with Gasteiger partial charge in [0.25, 0.3) is 5.92 Å². The third-order valence-electron chi connectivity index (χ3n) is 6.29. The Morgan fingerprint density at radius 3 is 2.72 bits per heavy atom. The van der Waals surface area contributed by atoms with E-state index < -0.39 is 54.7 Å². The molecule has 1 N–H and O–H groups in total. The van der Waals surface area contributed by atoms with Crippen molar-refractivity contribution in [3.05, 3.63) is 0 Å². The number of ether oxygens (including phenoxy) is 3. The number of halogens is 2. The van der Waals surface area contributed by atoms with Crippen LogP contribution in [0.4, 0.5) is 8.78 Å². The molecule has 6 atom stereocenters. The molecular formula is C22H30F2N2O6. The van der Waals surface area contributed by atoms with Crippen molar-refractivity contribution in [3.63, 3.8) is 0 Å². The highest BCUT2D eigenvalue weighted by molar-refractivity contribution is 5.85. The average Bonchev–Trinajstić information content (AvgIpc) is 3.38. The topological polar surface area (TPSA) is 115 Å². The number of rotatable bonds is 9. The molecule has 2 aliphatic heterocycles. The summed E-state index contributed by atoms with van der Waals surface area (Å²) in [7, 11) is 0. The van der Waals surface area contributed by atoms with Gasteiger partial charge in [-0.05, 0) is 31.6 Å². The van der Waals surface area contributed by atoms with Crippen LogP contribution in [0.15, 0.2) is 0 Å². The summed E-state index contributed by atoms with van der Waals surface area (Å²) in [6, 6.07) is 1.19. The highest BCUT2D eigenvalue weighted by Crippen LogP contribution is 2.43. The van der Waals surface area contributed by atoms with E-state index in [2.05, 4.69) is 5.32 Å². The van der Waals surface area contributed by atoms with Crippen molar-refractivity contribution in [2.75, 3.05) is 13.2 Å². The summed E-state index contributed by atoms with van der Waals surface area (Å²) >= 11 is 0. The molecule has 0 aromatic rings. The van der Waals surface area contributed by atoms with E-state index in [0.717, 1.165) is 6.42 Å². The van der Waals surface area contributed by atoms with Gasteiger partial charge in [0.05, 0.1) is 19.1 Å². The second-order valence-corrected chi connectivity index (χ2v) is 9.34. The normalized spacial score (nSPS) is 30.6. The molecule has 2 saturated heterocycles. The lowest BCUT2D eigenvalue weighted by Crippen LogP contribution is -2.42. The molecular weight excluding hydrogens is 426 g/mol. The molecule has 1 saturated carbocycles. The minimum atomic E-state index is -3.15. The molecule has 8 nitrogen and oxygen atoms in total. The van der Waals surface area contributed by atoms with Gasteiger partial charge in [-0.3, -0.25) is 14.4 Å². The van der Waals surface area contributed by atoms with E-state index in [9.17, 15) is 28.4 Å². The molecule has 0 radical (unpaired) electrons. The monoisotopic (exact) mass is 456 g/mol. The van der Waals surface area contributed by atoms with Gasteiger partial charge in [0.2, 0.25) is 5.91 Å². The van der Waals surface area contributed by atoms with Crippen LogP contribution in [0.1, 0.15) is 52.4 Å². The average molecular weight is 456 g/mol. The standard InChI is InChI=1S/C22H30F2N2O6/c1-12(2)6-14(20(29)26-15(9-25)7-13-4-3-5-16(13)27)8-18(28)32-17-10-30-21-19(17)22(23,24)11-31-21/h12-15,17,19,21H,3-8,10-11H2,1-2H3,(H,26,29)/t13-,14+,15-,17-,19-,21-/m0/s1. The van der Waals surface area contributed by atoms with E-state index >= 15 is 0 Å². The first-order chi connectivity index (χ1) is 15.1. The van der Waals surface area contributed by atoms with Crippen molar-refractivity contribution in [3.8, 4) is 6.07 Å². The van der Waals surface area contributed by atoms with Crippen molar-refractivity contribution in [1.29, 1.82) is 5.26 Å². The number of carbonyl (C=O) groups is 3. The second-order valence-electron chi connectivity index (χ2n) is 9.34. The smallest absolute Gasteiger partial charge is 0.306 e. The Balaban J connectivity index is 1.57. The first kappa shape index (κ1) is 24.5. The summed E-state index contributed by atoms with van der Waals surface area (Å²) in [5.74, 6) is -6.62. The van der Waals surface area contributed by atoms with Crippen molar-refractivity contribution < 1.29 is 37.4 Å². The Bertz CT molecular complexity index is 768. The zero-order chi connectivity index (χ0) is 23.5. The van der Waals surface area contributed by atoms with Gasteiger partial charge in [0, 0.05) is 18.3 Å². The number of ketones is 1. The number of Topliss-reactive ketones (excluding diaryl/α,β-unsaturated/α-hetero) is 1. The van der Waals surface area contributed by atoms with Crippen LogP contribution in [0.25, 0.3) is 0 Å². The van der Waals surface area contributed by atoms with Gasteiger partial charge in [-0.15, -0.1) is 0 Å². The van der Waals surface area contributed by atoms with Crippen LogP contribution in [0, 0.1) is 35.0 Å². The summed E-state index contributed by atoms with van der Waals surface area (Å²) in [6.45, 7) is 2.80. The number of nitriles is 1. The lowest BCUT2D eigenvalue weighted by atomic mass is 9.92. The van der Waals surface area contributed by atoms with Gasteiger partial charge in [0.15, 0.2) is 6.29 Å². The molecule has 0 aromatic carbocycles. The SMILES string of the molecule is CC(C)C[C@H](CC(=O)O[C@H]1CO[C@H]2OCC(F)(F)[C@H]21)C(=O)N[C@H](C#N)C[C@@H]1CCCC1=O. The Morgan fingerprint density at radius 2 is 2.09 bits per heavy atom. The third kappa shape index (κ3) is 5.81. The van der Waals surface area contributed by atoms with Crippen LogP contribution in [-0.4, -0.2) is 55.2 Å². The molecule has 3 fully saturated rings. The molecule has 0 spiro atoms. The fourth-order valence-corrected chi connectivity index (χ4v) is 4.72. The van der Waals surface area contributed by atoms with Crippen molar-refractivity contribution >= 4 is 17.7 Å². The van der Waals surface area contributed by atoms with Gasteiger partial charge >= 0.3 is 5.97 Å². The lowest BCUT2D eigenvalue weighted by molar-refractivity contribution is -0.159. The van der Waals surface area contributed by atoms with E-state index in [1.807, 2.05) is 19.9 Å². The van der Waals surface area contributed by atoms with Crippen LogP contribution in [0.5, 0.6) is 0 Å². The number of fused-ring (bicyclic) bond motifs is 1. The molecule has 3 aliphatic rings. The Kier molecular flexibility index (Phi) is 7.83. The molecule has 0 bridgehead atoms. The van der Waals surface area contributed by atoms with E-state index in [1.165, 1.54) is 0 Å². The van der Waals surface area contributed by atoms with E-state index in [-0.39, 0.29) is 37.1 Å². The van der Waals surface area contributed by atoms with Crippen molar-refractivity contribution in [2.24, 2.45) is 23.7 Å². The number of hydrogen-bond acceptors (Lipinski definition) is 7. The van der Waals surface area contributed by atoms with E-state index in [0.29, 0.717) is 19.3 Å². The second kappa shape index (κ2) is 10.2. The van der Waals surface area contributed by atoms with Crippen LogP contribution < -0.4 is 5.32 Å². The number of nitrogens with one attached hydrogen (secondary N) is 1. The number of nitrogens with zero attached hydrogens (tertiary/aromatic N) is 1. The third-order valence-corrected chi connectivity index (χ3v) is 6.29. The largest absolute Gasteiger partial charge is 0.459 e. The first-order valence-electron chi connectivity index (χ1n) is 11.1. The van der Waals surface area contributed by atoms with Gasteiger partial charge in [-0.25, -0.2) is 8.78 Å². The van der Waals surface area contributed by atoms with Crippen LogP contribution in [-0.2, 0) is 28.6 Å². The van der Waals surface area contributed by atoms with Crippen LogP contribution in [0.2, 0.25) is 0 Å².